The number of nitrogens with one attached hydrogen (secondary N) is 1. The number of carbonyl (C=O) groups is 1. The molecule has 0 amide bonds. The molecule has 0 aliphatic heterocycles. The van der Waals surface area contributed by atoms with Gasteiger partial charge in [-0.3, -0.25) is 0 Å². The van der Waals surface area contributed by atoms with Crippen molar-refractivity contribution < 1.29 is 9.53 Å². The van der Waals surface area contributed by atoms with E-state index in [4.69, 9.17) is 4.74 Å². The molecule has 0 saturated heterocycles. The average Bonchev–Trinajstić information content (AvgIpc) is 3.09. The fourth-order valence-electron chi connectivity index (χ4n) is 3.62. The van der Waals surface area contributed by atoms with E-state index in [0.29, 0.717) is 17.5 Å². The molecule has 1 N–H and O–H groups in total. The maximum absolute atomic E-state index is 11.6. The fourth-order valence-corrected chi connectivity index (χ4v) is 3.62. The van der Waals surface area contributed by atoms with Crippen molar-refractivity contribution in [2.75, 3.05) is 12.4 Å². The summed E-state index contributed by atoms with van der Waals surface area (Å²) in [6, 6.07) is 7.96. The predicted octanol–water partition coefficient (Wildman–Crippen LogP) is 3.49. The number of rotatable bonds is 4. The van der Waals surface area contributed by atoms with Crippen LogP contribution in [0.3, 0.4) is 0 Å². The van der Waals surface area contributed by atoms with Crippen molar-refractivity contribution in [2.45, 2.75) is 25.8 Å². The highest BCUT2D eigenvalue weighted by Crippen LogP contribution is 2.45. The highest BCUT2D eigenvalue weighted by molar-refractivity contribution is 5.90. The first kappa shape index (κ1) is 13.2. The molecule has 4 atom stereocenters. The number of ether oxygens (including phenoxy) is 1. The molecule has 106 valence electrons. The lowest BCUT2D eigenvalue weighted by atomic mass is 9.87. The summed E-state index contributed by atoms with van der Waals surface area (Å²) in [5.74, 6) is 1.93. The van der Waals surface area contributed by atoms with Crippen LogP contribution in [0.2, 0.25) is 0 Å². The van der Waals surface area contributed by atoms with Crippen LogP contribution in [-0.2, 0) is 4.74 Å². The fraction of sp³-hybridized carbons (Fsp3) is 0.471. The third kappa shape index (κ3) is 2.45. The third-order valence-electron chi connectivity index (χ3n) is 4.65. The minimum absolute atomic E-state index is 0.288. The Hall–Kier alpha value is -1.77. The summed E-state index contributed by atoms with van der Waals surface area (Å²) in [6.07, 6.45) is 7.35. The zero-order chi connectivity index (χ0) is 14.1. The van der Waals surface area contributed by atoms with E-state index in [1.165, 1.54) is 20.0 Å². The van der Waals surface area contributed by atoms with E-state index >= 15 is 0 Å². The molecule has 1 saturated carbocycles. The van der Waals surface area contributed by atoms with Gasteiger partial charge in [0.05, 0.1) is 12.7 Å². The Morgan fingerprint density at radius 1 is 1.35 bits per heavy atom. The van der Waals surface area contributed by atoms with Crippen molar-refractivity contribution in [3.8, 4) is 0 Å². The van der Waals surface area contributed by atoms with Crippen LogP contribution in [0.1, 0.15) is 30.1 Å². The van der Waals surface area contributed by atoms with Crippen molar-refractivity contribution in [3.05, 3.63) is 42.0 Å². The van der Waals surface area contributed by atoms with Crippen molar-refractivity contribution in [1.29, 1.82) is 0 Å². The van der Waals surface area contributed by atoms with Crippen molar-refractivity contribution in [2.24, 2.45) is 17.8 Å². The van der Waals surface area contributed by atoms with Gasteiger partial charge in [0.15, 0.2) is 0 Å². The van der Waals surface area contributed by atoms with Gasteiger partial charge in [-0.2, -0.15) is 0 Å². The molecule has 2 bridgehead atoms. The molecule has 1 fully saturated rings. The first-order valence-corrected chi connectivity index (χ1v) is 7.30. The van der Waals surface area contributed by atoms with Crippen LogP contribution in [0.15, 0.2) is 36.4 Å². The molecule has 0 heterocycles. The molecular weight excluding hydrogens is 250 g/mol. The molecule has 2 aliphatic rings. The zero-order valence-corrected chi connectivity index (χ0v) is 12.0. The number of fused-ring (bicyclic) bond motifs is 2. The van der Waals surface area contributed by atoms with Gasteiger partial charge in [-0.25, -0.2) is 4.79 Å². The maximum atomic E-state index is 11.6. The van der Waals surface area contributed by atoms with Crippen LogP contribution in [0.4, 0.5) is 5.69 Å². The van der Waals surface area contributed by atoms with E-state index in [0.717, 1.165) is 17.5 Å². The van der Waals surface area contributed by atoms with Gasteiger partial charge in [0, 0.05) is 11.7 Å². The Labute approximate surface area is 120 Å². The maximum Gasteiger partial charge on any atom is 0.337 e. The topological polar surface area (TPSA) is 38.3 Å². The lowest BCUT2D eigenvalue weighted by Crippen LogP contribution is -2.28. The molecule has 0 spiro atoms. The number of carbonyl (C=O) groups excluding carboxylic acids is 1. The lowest BCUT2D eigenvalue weighted by Gasteiger charge is -2.27. The second-order valence-electron chi connectivity index (χ2n) is 5.95. The summed E-state index contributed by atoms with van der Waals surface area (Å²) in [7, 11) is 1.41. The molecule has 3 rings (SSSR count). The summed E-state index contributed by atoms with van der Waals surface area (Å²) < 4.78 is 4.76. The van der Waals surface area contributed by atoms with Gasteiger partial charge in [-0.1, -0.05) is 18.2 Å². The summed E-state index contributed by atoms with van der Waals surface area (Å²) in [5, 5.41) is 3.55. The zero-order valence-electron chi connectivity index (χ0n) is 12.0. The second-order valence-corrected chi connectivity index (χ2v) is 5.95. The van der Waals surface area contributed by atoms with Crippen LogP contribution in [0, 0.1) is 17.8 Å². The van der Waals surface area contributed by atoms with Gasteiger partial charge in [-0.15, -0.1) is 0 Å². The van der Waals surface area contributed by atoms with Gasteiger partial charge in [0.2, 0.25) is 0 Å². The highest BCUT2D eigenvalue weighted by Gasteiger charge is 2.38. The molecular formula is C17H21NO2. The number of hydrogen-bond donors (Lipinski definition) is 1. The summed E-state index contributed by atoms with van der Waals surface area (Å²) >= 11 is 0. The normalized spacial score (nSPS) is 28.4. The number of esters is 1. The molecule has 0 radical (unpaired) electrons. The van der Waals surface area contributed by atoms with E-state index in [-0.39, 0.29) is 5.97 Å². The monoisotopic (exact) mass is 271 g/mol. The smallest absolute Gasteiger partial charge is 0.337 e. The first-order valence-electron chi connectivity index (χ1n) is 7.30. The SMILES string of the molecule is COC(=O)c1cccc(NC(C)C2CC3C=CC2C3)c1. The first-order chi connectivity index (χ1) is 9.67. The van der Waals surface area contributed by atoms with E-state index < -0.39 is 0 Å². The van der Waals surface area contributed by atoms with Crippen LogP contribution >= 0.6 is 0 Å². The molecule has 0 aromatic heterocycles. The van der Waals surface area contributed by atoms with Crippen LogP contribution in [-0.4, -0.2) is 19.1 Å². The Bertz CT molecular complexity index is 538. The van der Waals surface area contributed by atoms with Gasteiger partial charge in [0.1, 0.15) is 0 Å². The predicted molar refractivity (Wildman–Crippen MR) is 79.7 cm³/mol. The minimum Gasteiger partial charge on any atom is -0.465 e. The van der Waals surface area contributed by atoms with Gasteiger partial charge in [0.25, 0.3) is 0 Å². The number of anilines is 1. The average molecular weight is 271 g/mol. The molecule has 1 aromatic carbocycles. The second kappa shape index (κ2) is 5.31. The summed E-state index contributed by atoms with van der Waals surface area (Å²) in [4.78, 5) is 11.6. The molecule has 3 nitrogen and oxygen atoms in total. The van der Waals surface area contributed by atoms with Gasteiger partial charge >= 0.3 is 5.97 Å². The Morgan fingerprint density at radius 3 is 2.85 bits per heavy atom. The van der Waals surface area contributed by atoms with Crippen LogP contribution in [0.25, 0.3) is 0 Å². The highest BCUT2D eigenvalue weighted by atomic mass is 16.5. The van der Waals surface area contributed by atoms with Crippen molar-refractivity contribution >= 4 is 11.7 Å². The minimum atomic E-state index is -0.288. The standard InChI is InChI=1S/C17H21NO2/c1-11(16-9-12-6-7-13(16)8-12)18-15-5-3-4-14(10-15)17(19)20-2/h3-7,10-13,16,18H,8-9H2,1-2H3. The summed E-state index contributed by atoms with van der Waals surface area (Å²) in [6.45, 7) is 2.24. The number of benzene rings is 1. The van der Waals surface area contributed by atoms with Crippen molar-refractivity contribution in [1.82, 2.24) is 0 Å². The Kier molecular flexibility index (Phi) is 3.51. The Morgan fingerprint density at radius 2 is 2.20 bits per heavy atom. The van der Waals surface area contributed by atoms with Crippen LogP contribution < -0.4 is 5.32 Å². The molecule has 20 heavy (non-hydrogen) atoms. The molecule has 4 unspecified atom stereocenters. The largest absolute Gasteiger partial charge is 0.465 e. The van der Waals surface area contributed by atoms with Crippen molar-refractivity contribution in [3.63, 3.8) is 0 Å². The number of allylic oxidation sites excluding steroid dienone is 2. The van der Waals surface area contributed by atoms with E-state index in [9.17, 15) is 4.79 Å². The van der Waals surface area contributed by atoms with Gasteiger partial charge < -0.3 is 10.1 Å². The van der Waals surface area contributed by atoms with E-state index in [1.807, 2.05) is 18.2 Å². The van der Waals surface area contributed by atoms with Gasteiger partial charge in [-0.05, 0) is 55.7 Å². The third-order valence-corrected chi connectivity index (χ3v) is 4.65. The summed E-state index contributed by atoms with van der Waals surface area (Å²) in [5.41, 5.74) is 1.59. The number of hydrogen-bond acceptors (Lipinski definition) is 3. The molecule has 2 aliphatic carbocycles. The quantitative estimate of drug-likeness (QED) is 0.673. The van der Waals surface area contributed by atoms with E-state index in [2.05, 4.69) is 24.4 Å². The van der Waals surface area contributed by atoms with Crippen LogP contribution in [0.5, 0.6) is 0 Å². The van der Waals surface area contributed by atoms with E-state index in [1.54, 1.807) is 6.07 Å². The molecule has 1 aromatic rings. The Balaban J connectivity index is 1.68. The molecule has 3 heteroatoms. The number of methoxy groups -OCH3 is 1. The lowest BCUT2D eigenvalue weighted by molar-refractivity contribution is 0.0601.